The van der Waals surface area contributed by atoms with Crippen LogP contribution in [0.25, 0.3) is 5.57 Å². The maximum absolute atomic E-state index is 12.6. The Balaban J connectivity index is 1.39. The van der Waals surface area contributed by atoms with Gasteiger partial charge in [0.2, 0.25) is 0 Å². The Kier molecular flexibility index (Phi) is 6.34. The molecular formula is C26H23O2P. The molecule has 4 rings (SSSR count). The second-order valence-electron chi connectivity index (χ2n) is 6.86. The van der Waals surface area contributed by atoms with Gasteiger partial charge in [-0.15, -0.1) is 0 Å². The summed E-state index contributed by atoms with van der Waals surface area (Å²) in [5.41, 5.74) is 2.19. The number of hydrogen-bond acceptors (Lipinski definition) is 2. The summed E-state index contributed by atoms with van der Waals surface area (Å²) in [5.74, 6) is -0.479. The molecule has 144 valence electrons. The third-order valence-corrected chi connectivity index (χ3v) is 7.39. The first-order valence-electron chi connectivity index (χ1n) is 9.81. The molecular weight excluding hydrogens is 375 g/mol. The number of esters is 1. The molecule has 0 bridgehead atoms. The summed E-state index contributed by atoms with van der Waals surface area (Å²) in [5, 5.41) is 2.61. The van der Waals surface area contributed by atoms with Gasteiger partial charge in [0.25, 0.3) is 0 Å². The van der Waals surface area contributed by atoms with E-state index in [1.165, 1.54) is 10.6 Å². The van der Waals surface area contributed by atoms with Crippen LogP contribution >= 0.6 is 7.92 Å². The Bertz CT molecular complexity index is 955. The van der Waals surface area contributed by atoms with E-state index in [0.29, 0.717) is 6.61 Å². The highest BCUT2D eigenvalue weighted by atomic mass is 31.1. The Morgan fingerprint density at radius 2 is 1.34 bits per heavy atom. The van der Waals surface area contributed by atoms with Crippen LogP contribution in [-0.4, -0.2) is 18.7 Å². The summed E-state index contributed by atoms with van der Waals surface area (Å²) >= 11 is 0. The minimum atomic E-state index is -0.549. The Morgan fingerprint density at radius 3 is 1.93 bits per heavy atom. The van der Waals surface area contributed by atoms with E-state index >= 15 is 0 Å². The van der Waals surface area contributed by atoms with E-state index in [4.69, 9.17) is 4.74 Å². The van der Waals surface area contributed by atoms with Crippen molar-refractivity contribution in [1.82, 2.24) is 0 Å². The van der Waals surface area contributed by atoms with Crippen LogP contribution in [0.3, 0.4) is 0 Å². The average Bonchev–Trinajstić information content (AvgIpc) is 3.29. The lowest BCUT2D eigenvalue weighted by Gasteiger charge is -2.19. The molecule has 0 heterocycles. The maximum Gasteiger partial charge on any atom is 0.316 e. The number of rotatable bonds is 7. The highest BCUT2D eigenvalue weighted by Gasteiger charge is 2.21. The predicted molar refractivity (Wildman–Crippen MR) is 122 cm³/mol. The maximum atomic E-state index is 12.6. The van der Waals surface area contributed by atoms with E-state index in [9.17, 15) is 4.79 Å². The van der Waals surface area contributed by atoms with Gasteiger partial charge in [0.1, 0.15) is 0 Å². The van der Waals surface area contributed by atoms with E-state index in [1.54, 1.807) is 0 Å². The fourth-order valence-electron chi connectivity index (χ4n) is 3.44. The molecule has 0 spiro atoms. The van der Waals surface area contributed by atoms with Crippen molar-refractivity contribution in [3.8, 4) is 0 Å². The summed E-state index contributed by atoms with van der Waals surface area (Å²) in [4.78, 5) is 12.6. The molecule has 1 unspecified atom stereocenters. The van der Waals surface area contributed by atoms with Gasteiger partial charge >= 0.3 is 5.97 Å². The Hall–Kier alpha value is -2.96. The minimum Gasteiger partial charge on any atom is -0.465 e. The molecule has 3 aromatic carbocycles. The predicted octanol–water partition coefficient (Wildman–Crippen LogP) is 4.93. The quantitative estimate of drug-likeness (QED) is 0.417. The number of hydrogen-bond donors (Lipinski definition) is 0. The standard InChI is InChI=1S/C26H23O2P/c27-26(23-17-16-22(20-23)21-10-4-1-5-11-21)28-18-19-29(24-12-6-2-7-13-24)25-14-8-3-9-15-25/h1-17,20,23H,18-19H2. The van der Waals surface area contributed by atoms with Crippen LogP contribution < -0.4 is 10.6 Å². The van der Waals surface area contributed by atoms with E-state index in [0.717, 1.165) is 17.3 Å². The zero-order valence-electron chi connectivity index (χ0n) is 16.1. The van der Waals surface area contributed by atoms with Crippen molar-refractivity contribution >= 4 is 30.1 Å². The summed E-state index contributed by atoms with van der Waals surface area (Å²) in [7, 11) is -0.549. The minimum absolute atomic E-state index is 0.178. The van der Waals surface area contributed by atoms with Gasteiger partial charge in [0.15, 0.2) is 0 Å². The van der Waals surface area contributed by atoms with Crippen molar-refractivity contribution in [1.29, 1.82) is 0 Å². The van der Waals surface area contributed by atoms with Crippen molar-refractivity contribution in [3.05, 3.63) is 115 Å². The first-order chi connectivity index (χ1) is 14.3. The molecule has 0 saturated carbocycles. The number of ether oxygens (including phenoxy) is 1. The normalized spacial score (nSPS) is 15.3. The molecule has 29 heavy (non-hydrogen) atoms. The van der Waals surface area contributed by atoms with Crippen LogP contribution in [-0.2, 0) is 9.53 Å². The van der Waals surface area contributed by atoms with Crippen LogP contribution in [0.1, 0.15) is 5.56 Å². The first-order valence-corrected chi connectivity index (χ1v) is 11.3. The van der Waals surface area contributed by atoms with Crippen molar-refractivity contribution in [2.45, 2.75) is 0 Å². The molecule has 0 saturated heterocycles. The number of carbonyl (C=O) groups excluding carboxylic acids is 1. The van der Waals surface area contributed by atoms with Crippen LogP contribution in [0, 0.1) is 5.92 Å². The summed E-state index contributed by atoms with van der Waals surface area (Å²) in [6, 6.07) is 31.1. The van der Waals surface area contributed by atoms with Gasteiger partial charge in [-0.05, 0) is 29.7 Å². The fraction of sp³-hybridized carbons (Fsp3) is 0.115. The molecule has 0 fully saturated rings. The van der Waals surface area contributed by atoms with Crippen LogP contribution in [0.2, 0.25) is 0 Å². The highest BCUT2D eigenvalue weighted by molar-refractivity contribution is 7.73. The van der Waals surface area contributed by atoms with Gasteiger partial charge in [-0.3, -0.25) is 4.79 Å². The Morgan fingerprint density at radius 1 is 0.793 bits per heavy atom. The van der Waals surface area contributed by atoms with E-state index < -0.39 is 7.92 Å². The highest BCUT2D eigenvalue weighted by Crippen LogP contribution is 2.33. The summed E-state index contributed by atoms with van der Waals surface area (Å²) in [6.07, 6.45) is 6.72. The molecule has 0 aliphatic heterocycles. The van der Waals surface area contributed by atoms with Gasteiger partial charge in [-0.2, -0.15) is 0 Å². The average molecular weight is 398 g/mol. The molecule has 1 atom stereocenters. The van der Waals surface area contributed by atoms with Gasteiger partial charge in [-0.1, -0.05) is 109 Å². The van der Waals surface area contributed by atoms with Crippen molar-refractivity contribution in [3.63, 3.8) is 0 Å². The third kappa shape index (κ3) is 4.91. The molecule has 0 N–H and O–H groups in total. The molecule has 2 nitrogen and oxygen atoms in total. The molecule has 1 aliphatic rings. The molecule has 0 amide bonds. The topological polar surface area (TPSA) is 26.3 Å². The summed E-state index contributed by atoms with van der Waals surface area (Å²) < 4.78 is 5.67. The lowest BCUT2D eigenvalue weighted by atomic mass is 10.1. The summed E-state index contributed by atoms with van der Waals surface area (Å²) in [6.45, 7) is 0.424. The van der Waals surface area contributed by atoms with E-state index in [1.807, 2.05) is 48.6 Å². The third-order valence-electron chi connectivity index (χ3n) is 4.92. The fourth-order valence-corrected chi connectivity index (χ4v) is 5.59. The first kappa shape index (κ1) is 19.4. The monoisotopic (exact) mass is 398 g/mol. The van der Waals surface area contributed by atoms with Gasteiger partial charge in [-0.25, -0.2) is 0 Å². The van der Waals surface area contributed by atoms with Crippen molar-refractivity contribution in [2.24, 2.45) is 5.92 Å². The van der Waals surface area contributed by atoms with Gasteiger partial charge < -0.3 is 4.74 Å². The molecule has 3 heteroatoms. The molecule has 0 aromatic heterocycles. The van der Waals surface area contributed by atoms with Gasteiger partial charge in [0.05, 0.1) is 12.5 Å². The van der Waals surface area contributed by atoms with Crippen LogP contribution in [0.15, 0.2) is 109 Å². The van der Waals surface area contributed by atoms with Crippen LogP contribution in [0.5, 0.6) is 0 Å². The lowest BCUT2D eigenvalue weighted by Crippen LogP contribution is -2.19. The second-order valence-corrected chi connectivity index (χ2v) is 9.20. The lowest BCUT2D eigenvalue weighted by molar-refractivity contribution is -0.144. The molecule has 3 aromatic rings. The second kappa shape index (κ2) is 9.49. The van der Waals surface area contributed by atoms with Gasteiger partial charge in [0, 0.05) is 6.16 Å². The zero-order chi connectivity index (χ0) is 19.9. The molecule has 1 aliphatic carbocycles. The van der Waals surface area contributed by atoms with E-state index in [-0.39, 0.29) is 11.9 Å². The smallest absolute Gasteiger partial charge is 0.316 e. The SMILES string of the molecule is O=C(OCCP(c1ccccc1)c1ccccc1)C1C=CC(c2ccccc2)=C1. The Labute approximate surface area is 173 Å². The largest absolute Gasteiger partial charge is 0.465 e. The van der Waals surface area contributed by atoms with Crippen molar-refractivity contribution < 1.29 is 9.53 Å². The number of carbonyl (C=O) groups is 1. The van der Waals surface area contributed by atoms with E-state index in [2.05, 4.69) is 60.7 Å². The number of benzene rings is 3. The van der Waals surface area contributed by atoms with Crippen LogP contribution in [0.4, 0.5) is 0 Å². The zero-order valence-corrected chi connectivity index (χ0v) is 17.0. The molecule has 0 radical (unpaired) electrons. The number of allylic oxidation sites excluding steroid dienone is 2. The van der Waals surface area contributed by atoms with Crippen molar-refractivity contribution in [2.75, 3.05) is 12.8 Å².